The van der Waals surface area contributed by atoms with Gasteiger partial charge in [-0.2, -0.15) is 0 Å². The van der Waals surface area contributed by atoms with Crippen molar-refractivity contribution in [2.75, 3.05) is 18.6 Å². The molecule has 1 aromatic rings. The van der Waals surface area contributed by atoms with Crippen LogP contribution in [0.1, 0.15) is 19.4 Å². The van der Waals surface area contributed by atoms with Crippen molar-refractivity contribution >= 4 is 29.2 Å². The molecule has 2 N–H and O–H groups in total. The molecule has 8 nitrogen and oxygen atoms in total. The quantitative estimate of drug-likeness (QED) is 0.770. The van der Waals surface area contributed by atoms with E-state index in [1.165, 1.54) is 12.0 Å². The zero-order valence-electron chi connectivity index (χ0n) is 15.7. The van der Waals surface area contributed by atoms with Crippen LogP contribution in [0.25, 0.3) is 0 Å². The number of carbonyl (C=O) groups excluding carboxylic acids is 3. The standard InChI is InChI=1S/C20H19N3O5/c1-4-23-12-8-6-5-7-11(12)20(19(23)26)14-13(9-10(2)22-17(14)24)28-16(21)15(20)18(25)27-3/h5-9,14H,4,21H2,1-3H3. The molecular formula is C20H19N3O5. The smallest absolute Gasteiger partial charge is 0.340 e. The lowest BCUT2D eigenvalue weighted by Crippen LogP contribution is -2.55. The number of likely N-dealkylation sites (N-methyl/N-ethyl adjacent to an activating group) is 1. The van der Waals surface area contributed by atoms with Gasteiger partial charge in [0.05, 0.1) is 7.11 Å². The predicted molar refractivity (Wildman–Crippen MR) is 100 cm³/mol. The van der Waals surface area contributed by atoms with Crippen LogP contribution in [0, 0.1) is 5.92 Å². The van der Waals surface area contributed by atoms with E-state index in [0.717, 1.165) is 0 Å². The third-order valence-corrected chi connectivity index (χ3v) is 5.38. The number of allylic oxidation sites excluding steroid dienone is 1. The maximum Gasteiger partial charge on any atom is 0.340 e. The Kier molecular flexibility index (Phi) is 3.88. The molecule has 0 saturated heterocycles. The maximum atomic E-state index is 13.8. The fourth-order valence-corrected chi connectivity index (χ4v) is 4.36. The number of amides is 2. The highest BCUT2D eigenvalue weighted by Gasteiger charge is 2.66. The number of aliphatic imine (C=N–C) groups is 1. The summed E-state index contributed by atoms with van der Waals surface area (Å²) in [5.74, 6) is -3.01. The van der Waals surface area contributed by atoms with E-state index in [2.05, 4.69) is 4.99 Å². The Morgan fingerprint density at radius 3 is 2.75 bits per heavy atom. The molecule has 0 bridgehead atoms. The van der Waals surface area contributed by atoms with E-state index in [1.54, 1.807) is 37.3 Å². The lowest BCUT2D eigenvalue weighted by Gasteiger charge is -2.41. The zero-order chi connectivity index (χ0) is 20.2. The second-order valence-electron chi connectivity index (χ2n) is 6.78. The summed E-state index contributed by atoms with van der Waals surface area (Å²) in [4.78, 5) is 45.1. The maximum absolute atomic E-state index is 13.8. The molecular weight excluding hydrogens is 362 g/mol. The molecule has 3 heterocycles. The van der Waals surface area contributed by atoms with Crippen LogP contribution in [0.3, 0.4) is 0 Å². The molecule has 144 valence electrons. The minimum atomic E-state index is -1.69. The van der Waals surface area contributed by atoms with Gasteiger partial charge in [-0.3, -0.25) is 9.59 Å². The minimum absolute atomic E-state index is 0.173. The summed E-state index contributed by atoms with van der Waals surface area (Å²) in [7, 11) is 1.19. The van der Waals surface area contributed by atoms with Crippen molar-refractivity contribution in [3.8, 4) is 0 Å². The summed E-state index contributed by atoms with van der Waals surface area (Å²) < 4.78 is 10.6. The van der Waals surface area contributed by atoms with Crippen molar-refractivity contribution < 1.29 is 23.9 Å². The number of ether oxygens (including phenoxy) is 2. The number of benzene rings is 1. The van der Waals surface area contributed by atoms with E-state index >= 15 is 0 Å². The second kappa shape index (κ2) is 6.05. The molecule has 0 fully saturated rings. The van der Waals surface area contributed by atoms with Crippen LogP contribution in [-0.2, 0) is 29.3 Å². The molecule has 1 spiro atoms. The van der Waals surface area contributed by atoms with E-state index < -0.39 is 29.1 Å². The lowest BCUT2D eigenvalue weighted by molar-refractivity contribution is -0.141. The monoisotopic (exact) mass is 381 g/mol. The summed E-state index contributed by atoms with van der Waals surface area (Å²) in [6.07, 6.45) is 1.57. The average molecular weight is 381 g/mol. The number of nitrogens with two attached hydrogens (primary N) is 1. The van der Waals surface area contributed by atoms with Crippen LogP contribution in [-0.4, -0.2) is 37.1 Å². The number of hydrogen-bond acceptors (Lipinski definition) is 6. The van der Waals surface area contributed by atoms with Gasteiger partial charge in [-0.05, 0) is 31.6 Å². The van der Waals surface area contributed by atoms with Gasteiger partial charge in [-0.15, -0.1) is 0 Å². The number of carbonyl (C=O) groups is 3. The summed E-state index contributed by atoms with van der Waals surface area (Å²) in [6, 6.07) is 7.04. The Hall–Kier alpha value is -3.42. The van der Waals surface area contributed by atoms with Crippen molar-refractivity contribution in [3.63, 3.8) is 0 Å². The highest BCUT2D eigenvalue weighted by molar-refractivity contribution is 6.20. The number of dihydropyridines is 1. The number of rotatable bonds is 2. The fourth-order valence-electron chi connectivity index (χ4n) is 4.36. The van der Waals surface area contributed by atoms with Crippen LogP contribution in [0.15, 0.2) is 52.5 Å². The van der Waals surface area contributed by atoms with E-state index in [-0.39, 0.29) is 17.2 Å². The molecule has 28 heavy (non-hydrogen) atoms. The van der Waals surface area contributed by atoms with Crippen molar-refractivity contribution in [2.45, 2.75) is 19.3 Å². The summed E-state index contributed by atoms with van der Waals surface area (Å²) >= 11 is 0. The number of fused-ring (bicyclic) bond motifs is 4. The van der Waals surface area contributed by atoms with Crippen LogP contribution in [0.2, 0.25) is 0 Å². The summed E-state index contributed by atoms with van der Waals surface area (Å²) in [6.45, 7) is 3.82. The number of nitrogens with zero attached hydrogens (tertiary/aromatic N) is 2. The lowest BCUT2D eigenvalue weighted by atomic mass is 9.63. The molecule has 2 atom stereocenters. The Morgan fingerprint density at radius 1 is 1.36 bits per heavy atom. The first kappa shape index (κ1) is 18.0. The van der Waals surface area contributed by atoms with Crippen LogP contribution >= 0.6 is 0 Å². The topological polar surface area (TPSA) is 111 Å². The SMILES string of the molecule is CCN1C(=O)C2(C(C(=O)OC)=C(N)OC3=CC(C)=NC(=O)C32)c2ccccc21. The molecule has 0 aliphatic carbocycles. The predicted octanol–water partition coefficient (Wildman–Crippen LogP) is 1.17. The zero-order valence-corrected chi connectivity index (χ0v) is 15.7. The first-order valence-corrected chi connectivity index (χ1v) is 8.86. The van der Waals surface area contributed by atoms with Crippen molar-refractivity contribution in [1.29, 1.82) is 0 Å². The summed E-state index contributed by atoms with van der Waals surface area (Å²) in [5.41, 5.74) is 5.81. The average Bonchev–Trinajstić information content (AvgIpc) is 2.89. The van der Waals surface area contributed by atoms with Crippen molar-refractivity contribution in [1.82, 2.24) is 0 Å². The van der Waals surface area contributed by atoms with Gasteiger partial charge in [-0.1, -0.05) is 18.2 Å². The third-order valence-electron chi connectivity index (χ3n) is 5.38. The second-order valence-corrected chi connectivity index (χ2v) is 6.78. The molecule has 3 aliphatic heterocycles. The van der Waals surface area contributed by atoms with Crippen molar-refractivity contribution in [3.05, 3.63) is 53.1 Å². The van der Waals surface area contributed by atoms with Crippen molar-refractivity contribution in [2.24, 2.45) is 16.6 Å². The molecule has 2 amide bonds. The number of anilines is 1. The third kappa shape index (κ3) is 2.05. The van der Waals surface area contributed by atoms with Crippen LogP contribution in [0.5, 0.6) is 0 Å². The van der Waals surface area contributed by atoms with Gasteiger partial charge in [-0.25, -0.2) is 9.79 Å². The fraction of sp³-hybridized carbons (Fsp3) is 0.300. The summed E-state index contributed by atoms with van der Waals surface area (Å²) in [5, 5.41) is 0. The van der Waals surface area contributed by atoms with Crippen LogP contribution < -0.4 is 10.6 Å². The molecule has 4 rings (SSSR count). The molecule has 0 saturated carbocycles. The number of hydrogen-bond donors (Lipinski definition) is 1. The Morgan fingerprint density at radius 2 is 2.07 bits per heavy atom. The van der Waals surface area contributed by atoms with E-state index in [4.69, 9.17) is 15.2 Å². The van der Waals surface area contributed by atoms with Gasteiger partial charge in [0.2, 0.25) is 11.8 Å². The van der Waals surface area contributed by atoms with Crippen LogP contribution in [0.4, 0.5) is 5.69 Å². The molecule has 0 aromatic heterocycles. The normalized spacial score (nSPS) is 25.8. The highest BCUT2D eigenvalue weighted by Crippen LogP contribution is 2.56. The number of para-hydroxylation sites is 1. The van der Waals surface area contributed by atoms with Gasteiger partial charge in [0.1, 0.15) is 22.7 Å². The number of methoxy groups -OCH3 is 1. The first-order chi connectivity index (χ1) is 13.4. The van der Waals surface area contributed by atoms with Gasteiger partial charge in [0, 0.05) is 17.9 Å². The Labute approximate surface area is 161 Å². The molecule has 2 unspecified atom stereocenters. The highest BCUT2D eigenvalue weighted by atomic mass is 16.5. The minimum Gasteiger partial charge on any atom is -0.465 e. The Balaban J connectivity index is 2.13. The van der Waals surface area contributed by atoms with Gasteiger partial charge in [0.25, 0.3) is 5.91 Å². The largest absolute Gasteiger partial charge is 0.465 e. The van der Waals surface area contributed by atoms with Gasteiger partial charge < -0.3 is 20.1 Å². The molecule has 1 aromatic carbocycles. The van der Waals surface area contributed by atoms with E-state index in [9.17, 15) is 14.4 Å². The first-order valence-electron chi connectivity index (χ1n) is 8.86. The van der Waals surface area contributed by atoms with Gasteiger partial charge >= 0.3 is 5.97 Å². The Bertz CT molecular complexity index is 1020. The molecule has 0 radical (unpaired) electrons. The number of esters is 1. The molecule has 3 aliphatic rings. The molecule has 8 heteroatoms. The van der Waals surface area contributed by atoms with E-state index in [0.29, 0.717) is 23.5 Å². The van der Waals surface area contributed by atoms with E-state index in [1.807, 2.05) is 6.92 Å². The van der Waals surface area contributed by atoms with Gasteiger partial charge in [0.15, 0.2) is 0 Å².